The molecule has 2 aromatic rings. The molecule has 2 amide bonds. The van der Waals surface area contributed by atoms with E-state index in [0.717, 1.165) is 37.1 Å². The van der Waals surface area contributed by atoms with Crippen molar-refractivity contribution in [3.8, 4) is 0 Å². The highest BCUT2D eigenvalue weighted by Gasteiger charge is 2.33. The molecule has 1 atom stereocenters. The summed E-state index contributed by atoms with van der Waals surface area (Å²) in [4.78, 5) is 27.3. The number of hydrogen-bond acceptors (Lipinski definition) is 4. The number of nitrogens with one attached hydrogen (secondary N) is 1. The van der Waals surface area contributed by atoms with Gasteiger partial charge in [-0.3, -0.25) is 9.59 Å². The van der Waals surface area contributed by atoms with Crippen LogP contribution in [-0.4, -0.2) is 55.6 Å². The monoisotopic (exact) mass is 469 g/mol. The summed E-state index contributed by atoms with van der Waals surface area (Å²) >= 11 is 0. The second-order valence-electron chi connectivity index (χ2n) is 8.97. The van der Waals surface area contributed by atoms with Crippen LogP contribution in [0.3, 0.4) is 0 Å². The van der Waals surface area contributed by atoms with Crippen LogP contribution in [0.25, 0.3) is 0 Å². The van der Waals surface area contributed by atoms with Crippen LogP contribution in [-0.2, 0) is 26.0 Å². The Morgan fingerprint density at radius 2 is 1.61 bits per heavy atom. The molecule has 1 N–H and O–H groups in total. The van der Waals surface area contributed by atoms with Crippen molar-refractivity contribution in [2.45, 2.75) is 43.9 Å². The molecule has 0 radical (unpaired) electrons. The van der Waals surface area contributed by atoms with Gasteiger partial charge in [0.2, 0.25) is 21.8 Å². The lowest BCUT2D eigenvalue weighted by Gasteiger charge is -2.31. The molecule has 4 rings (SSSR count). The Balaban J connectivity index is 1.35. The molecule has 1 unspecified atom stereocenters. The largest absolute Gasteiger partial charge is 0.342 e. The van der Waals surface area contributed by atoms with Gasteiger partial charge in [-0.15, -0.1) is 0 Å². The molecule has 8 heteroatoms. The number of carbonyl (C=O) groups is 2. The van der Waals surface area contributed by atoms with Crippen molar-refractivity contribution in [1.29, 1.82) is 0 Å². The van der Waals surface area contributed by atoms with Crippen LogP contribution in [0.4, 0.5) is 5.69 Å². The molecule has 2 heterocycles. The second-order valence-corrected chi connectivity index (χ2v) is 10.9. The SMILES string of the molecule is Cc1ccc(S(=O)(=O)N2CCCC(C(=O)Nc3ccc(CC(=O)N4CCCC4)cc3)C2)cc1. The van der Waals surface area contributed by atoms with Crippen LogP contribution in [0.5, 0.6) is 0 Å². The molecule has 33 heavy (non-hydrogen) atoms. The Hall–Kier alpha value is -2.71. The molecule has 7 nitrogen and oxygen atoms in total. The number of amides is 2. The smallest absolute Gasteiger partial charge is 0.243 e. The molecular weight excluding hydrogens is 438 g/mol. The van der Waals surface area contributed by atoms with Gasteiger partial charge in [-0.05, 0) is 62.4 Å². The number of piperidine rings is 1. The van der Waals surface area contributed by atoms with Crippen molar-refractivity contribution in [3.05, 3.63) is 59.7 Å². The van der Waals surface area contributed by atoms with Crippen molar-refractivity contribution in [1.82, 2.24) is 9.21 Å². The number of rotatable bonds is 6. The standard InChI is InChI=1S/C25H31N3O4S/c1-19-6-12-23(13-7-19)33(31,32)28-16-4-5-21(18-28)25(30)26-22-10-8-20(9-11-22)17-24(29)27-14-2-3-15-27/h6-13,21H,2-5,14-18H2,1H3,(H,26,30). The maximum absolute atomic E-state index is 13.0. The Kier molecular flexibility index (Phi) is 7.14. The molecular formula is C25H31N3O4S. The summed E-state index contributed by atoms with van der Waals surface area (Å²) in [5.41, 5.74) is 2.56. The summed E-state index contributed by atoms with van der Waals surface area (Å²) in [6, 6.07) is 14.1. The highest BCUT2D eigenvalue weighted by Crippen LogP contribution is 2.25. The highest BCUT2D eigenvalue weighted by molar-refractivity contribution is 7.89. The molecule has 0 bridgehead atoms. The van der Waals surface area contributed by atoms with Crippen molar-refractivity contribution >= 4 is 27.5 Å². The van der Waals surface area contributed by atoms with E-state index in [0.29, 0.717) is 31.5 Å². The van der Waals surface area contributed by atoms with Gasteiger partial charge >= 0.3 is 0 Å². The maximum Gasteiger partial charge on any atom is 0.243 e. The maximum atomic E-state index is 13.0. The van der Waals surface area contributed by atoms with Crippen molar-refractivity contribution in [2.24, 2.45) is 5.92 Å². The van der Waals surface area contributed by atoms with E-state index >= 15 is 0 Å². The third kappa shape index (κ3) is 5.62. The molecule has 2 saturated heterocycles. The average molecular weight is 470 g/mol. The Morgan fingerprint density at radius 1 is 0.939 bits per heavy atom. The zero-order valence-electron chi connectivity index (χ0n) is 19.0. The highest BCUT2D eigenvalue weighted by atomic mass is 32.2. The molecule has 0 saturated carbocycles. The van der Waals surface area contributed by atoms with E-state index in [1.807, 2.05) is 24.0 Å². The summed E-state index contributed by atoms with van der Waals surface area (Å²) in [5.74, 6) is -0.448. The van der Waals surface area contributed by atoms with E-state index in [2.05, 4.69) is 5.32 Å². The van der Waals surface area contributed by atoms with E-state index in [9.17, 15) is 18.0 Å². The summed E-state index contributed by atoms with van der Waals surface area (Å²) in [6.45, 7) is 4.18. The number of hydrogen-bond donors (Lipinski definition) is 1. The van der Waals surface area contributed by atoms with E-state index in [1.54, 1.807) is 36.4 Å². The molecule has 2 fully saturated rings. The number of benzene rings is 2. The van der Waals surface area contributed by atoms with Gasteiger partial charge in [-0.25, -0.2) is 8.42 Å². The zero-order valence-corrected chi connectivity index (χ0v) is 19.8. The van der Waals surface area contributed by atoms with Crippen molar-refractivity contribution < 1.29 is 18.0 Å². The lowest BCUT2D eigenvalue weighted by Crippen LogP contribution is -2.43. The lowest BCUT2D eigenvalue weighted by atomic mass is 9.98. The summed E-state index contributed by atoms with van der Waals surface area (Å²) < 4.78 is 27.4. The van der Waals surface area contributed by atoms with Crippen LogP contribution in [0.2, 0.25) is 0 Å². The van der Waals surface area contributed by atoms with Gasteiger partial charge in [-0.2, -0.15) is 4.31 Å². The summed E-state index contributed by atoms with van der Waals surface area (Å²) in [7, 11) is -3.62. The minimum Gasteiger partial charge on any atom is -0.342 e. The topological polar surface area (TPSA) is 86.8 Å². The first kappa shape index (κ1) is 23.4. The normalized spacial score (nSPS) is 19.4. The third-order valence-electron chi connectivity index (χ3n) is 6.45. The number of anilines is 1. The number of aryl methyl sites for hydroxylation is 1. The van der Waals surface area contributed by atoms with Crippen molar-refractivity contribution in [2.75, 3.05) is 31.5 Å². The predicted octanol–water partition coefficient (Wildman–Crippen LogP) is 3.20. The molecule has 0 spiro atoms. The predicted molar refractivity (Wildman–Crippen MR) is 127 cm³/mol. The van der Waals surface area contributed by atoms with Gasteiger partial charge in [0.25, 0.3) is 0 Å². The van der Waals surface area contributed by atoms with Crippen LogP contribution in [0.15, 0.2) is 53.4 Å². The van der Waals surface area contributed by atoms with Crippen LogP contribution < -0.4 is 5.32 Å². The fourth-order valence-electron chi connectivity index (χ4n) is 4.44. The first-order valence-electron chi connectivity index (χ1n) is 11.6. The average Bonchev–Trinajstić information content (AvgIpc) is 3.36. The third-order valence-corrected chi connectivity index (χ3v) is 8.33. The number of carbonyl (C=O) groups excluding carboxylic acids is 2. The van der Waals surface area contributed by atoms with Crippen LogP contribution in [0.1, 0.15) is 36.8 Å². The Morgan fingerprint density at radius 3 is 2.27 bits per heavy atom. The lowest BCUT2D eigenvalue weighted by molar-refractivity contribution is -0.129. The molecule has 176 valence electrons. The quantitative estimate of drug-likeness (QED) is 0.704. The molecule has 0 aliphatic carbocycles. The number of nitrogens with zero attached hydrogens (tertiary/aromatic N) is 2. The van der Waals surface area contributed by atoms with E-state index in [4.69, 9.17) is 0 Å². The van der Waals surface area contributed by atoms with Crippen molar-refractivity contribution in [3.63, 3.8) is 0 Å². The van der Waals surface area contributed by atoms with Crippen LogP contribution >= 0.6 is 0 Å². The Labute approximate surface area is 195 Å². The number of sulfonamides is 1. The first-order valence-corrected chi connectivity index (χ1v) is 13.0. The van der Waals surface area contributed by atoms with Gasteiger partial charge < -0.3 is 10.2 Å². The van der Waals surface area contributed by atoms with Gasteiger partial charge in [0.05, 0.1) is 17.2 Å². The second kappa shape index (κ2) is 10.1. The van der Waals surface area contributed by atoms with E-state index in [-0.39, 0.29) is 23.3 Å². The van der Waals surface area contributed by atoms with Gasteiger partial charge in [0.15, 0.2) is 0 Å². The van der Waals surface area contributed by atoms with Gasteiger partial charge in [-0.1, -0.05) is 29.8 Å². The fraction of sp³-hybridized carbons (Fsp3) is 0.440. The first-order chi connectivity index (χ1) is 15.8. The fourth-order valence-corrected chi connectivity index (χ4v) is 5.96. The molecule has 2 aliphatic heterocycles. The molecule has 0 aromatic heterocycles. The van der Waals surface area contributed by atoms with Gasteiger partial charge in [0, 0.05) is 31.9 Å². The zero-order chi connectivity index (χ0) is 23.4. The minimum atomic E-state index is -3.62. The molecule has 2 aromatic carbocycles. The molecule has 2 aliphatic rings. The van der Waals surface area contributed by atoms with Crippen LogP contribution in [0, 0.1) is 12.8 Å². The van der Waals surface area contributed by atoms with E-state index < -0.39 is 15.9 Å². The summed E-state index contributed by atoms with van der Waals surface area (Å²) in [6.07, 6.45) is 3.79. The Bertz CT molecular complexity index is 1090. The minimum absolute atomic E-state index is 0.140. The van der Waals surface area contributed by atoms with Gasteiger partial charge in [0.1, 0.15) is 0 Å². The number of likely N-dealkylation sites (tertiary alicyclic amines) is 1. The van der Waals surface area contributed by atoms with E-state index in [1.165, 1.54) is 4.31 Å². The summed E-state index contributed by atoms with van der Waals surface area (Å²) in [5, 5.41) is 2.91.